The molecule has 0 aromatic heterocycles. The lowest BCUT2D eigenvalue weighted by molar-refractivity contribution is -0.0399. The number of nitrogens with zero attached hydrogens (tertiary/aromatic N) is 1. The molecule has 0 unspecified atom stereocenters. The lowest BCUT2D eigenvalue weighted by atomic mass is 9.43. The first-order valence-electron chi connectivity index (χ1n) is 22.2. The third-order valence-electron chi connectivity index (χ3n) is 16.2. The van der Waals surface area contributed by atoms with Gasteiger partial charge in [0.15, 0.2) is 0 Å². The van der Waals surface area contributed by atoms with E-state index in [0.717, 1.165) is 23.7 Å². The molecule has 14 rings (SSSR count). The fourth-order valence-corrected chi connectivity index (χ4v) is 14.3. The minimum atomic E-state index is 0.110. The van der Waals surface area contributed by atoms with Gasteiger partial charge in [0.1, 0.15) is 0 Å². The second kappa shape index (κ2) is 12.4. The lowest BCUT2D eigenvalue weighted by Crippen LogP contribution is -2.55. The van der Waals surface area contributed by atoms with Crippen molar-refractivity contribution in [3.63, 3.8) is 0 Å². The standard InChI is InChI=1S/C57H49N/c1-2-12-39(13-3-1)40-22-24-41(25-23-40)42-26-28-45(29-27-42)58(52-20-10-18-50-54(52)46-14-4-6-16-48(46)56(50)30-8-9-31-56)53-21-11-19-51-55(53)47-15-5-7-17-49(47)57(51)43-33-37-32-38(35-43)36-44(57)34-37/h1-7,10-29,37-38,43-44H,8-9,30-36H2. The van der Waals surface area contributed by atoms with Crippen LogP contribution in [0.15, 0.2) is 164 Å². The monoisotopic (exact) mass is 747 g/mol. The Labute approximate surface area is 343 Å². The maximum absolute atomic E-state index is 2.68. The fourth-order valence-electron chi connectivity index (χ4n) is 14.3. The molecule has 1 nitrogen and oxygen atoms in total. The maximum atomic E-state index is 2.68. The maximum Gasteiger partial charge on any atom is 0.0543 e. The highest BCUT2D eigenvalue weighted by Crippen LogP contribution is 2.71. The Bertz CT molecular complexity index is 2700. The third-order valence-corrected chi connectivity index (χ3v) is 16.2. The van der Waals surface area contributed by atoms with E-state index >= 15 is 0 Å². The largest absolute Gasteiger partial charge is 0.309 e. The van der Waals surface area contributed by atoms with E-state index in [1.54, 1.807) is 16.7 Å². The zero-order chi connectivity index (χ0) is 38.0. The summed E-state index contributed by atoms with van der Waals surface area (Å²) >= 11 is 0. The Morgan fingerprint density at radius 2 is 0.845 bits per heavy atom. The Hall–Kier alpha value is -5.66. The summed E-state index contributed by atoms with van der Waals surface area (Å²) in [6, 6.07) is 63.0. The fraction of sp³-hybridized carbons (Fsp3) is 0.263. The van der Waals surface area contributed by atoms with Crippen LogP contribution in [-0.4, -0.2) is 0 Å². The molecule has 0 saturated heterocycles. The van der Waals surface area contributed by atoms with Crippen LogP contribution in [-0.2, 0) is 10.8 Å². The molecule has 0 heterocycles. The zero-order valence-electron chi connectivity index (χ0n) is 33.2. The van der Waals surface area contributed by atoms with E-state index in [1.807, 2.05) is 0 Å². The summed E-state index contributed by atoms with van der Waals surface area (Å²) in [7, 11) is 0. The number of fused-ring (bicyclic) bond motifs is 8. The van der Waals surface area contributed by atoms with Gasteiger partial charge in [-0.15, -0.1) is 0 Å². The summed E-state index contributed by atoms with van der Waals surface area (Å²) < 4.78 is 0. The van der Waals surface area contributed by atoms with Gasteiger partial charge in [0.25, 0.3) is 0 Å². The van der Waals surface area contributed by atoms with E-state index in [4.69, 9.17) is 0 Å². The van der Waals surface area contributed by atoms with Crippen molar-refractivity contribution < 1.29 is 0 Å². The molecule has 2 spiro atoms. The molecule has 0 aliphatic heterocycles. The molecule has 5 saturated carbocycles. The minimum Gasteiger partial charge on any atom is -0.309 e. The molecule has 1 heteroatoms. The van der Waals surface area contributed by atoms with Crippen LogP contribution in [0.25, 0.3) is 44.5 Å². The lowest BCUT2D eigenvalue weighted by Gasteiger charge is -2.61. The number of hydrogen-bond donors (Lipinski definition) is 0. The Morgan fingerprint density at radius 1 is 0.379 bits per heavy atom. The van der Waals surface area contributed by atoms with Crippen LogP contribution in [0, 0.1) is 23.7 Å². The van der Waals surface area contributed by atoms with Gasteiger partial charge in [-0.25, -0.2) is 0 Å². The van der Waals surface area contributed by atoms with Gasteiger partial charge < -0.3 is 4.90 Å². The minimum absolute atomic E-state index is 0.110. The summed E-state index contributed by atoms with van der Waals surface area (Å²) in [5.41, 5.74) is 21.2. The SMILES string of the molecule is c1ccc(-c2ccc(-c3ccc(N(c4cccc5c4-c4ccccc4C54CCCC4)c4cccc5c4-c4ccccc4C54C5CC6CC(C5)CC4C6)cc3)cc2)cc1. The molecule has 58 heavy (non-hydrogen) atoms. The van der Waals surface area contributed by atoms with E-state index in [9.17, 15) is 0 Å². The van der Waals surface area contributed by atoms with Crippen LogP contribution >= 0.6 is 0 Å². The normalized spacial score (nSPS) is 24.8. The Morgan fingerprint density at radius 3 is 1.47 bits per heavy atom. The predicted molar refractivity (Wildman–Crippen MR) is 240 cm³/mol. The highest BCUT2D eigenvalue weighted by molar-refractivity contribution is 6.00. The van der Waals surface area contributed by atoms with Gasteiger partial charge in [-0.1, -0.05) is 152 Å². The smallest absolute Gasteiger partial charge is 0.0543 e. The molecule has 7 aliphatic rings. The molecule has 282 valence electrons. The summed E-state index contributed by atoms with van der Waals surface area (Å²) in [6.45, 7) is 0. The first-order valence-corrected chi connectivity index (χ1v) is 22.2. The van der Waals surface area contributed by atoms with Gasteiger partial charge in [0.05, 0.1) is 11.4 Å². The molecule has 0 radical (unpaired) electrons. The van der Waals surface area contributed by atoms with Gasteiger partial charge >= 0.3 is 0 Å². The second-order valence-corrected chi connectivity index (χ2v) is 18.8. The van der Waals surface area contributed by atoms with Gasteiger partial charge in [-0.3, -0.25) is 0 Å². The predicted octanol–water partition coefficient (Wildman–Crippen LogP) is 15.1. The van der Waals surface area contributed by atoms with E-state index in [0.29, 0.717) is 0 Å². The summed E-state index contributed by atoms with van der Waals surface area (Å²) in [5.74, 6) is 3.31. The van der Waals surface area contributed by atoms with Crippen LogP contribution < -0.4 is 4.90 Å². The highest BCUT2D eigenvalue weighted by atomic mass is 15.1. The van der Waals surface area contributed by atoms with Crippen molar-refractivity contribution in [2.45, 2.75) is 68.6 Å². The number of benzene rings is 7. The van der Waals surface area contributed by atoms with E-state index in [-0.39, 0.29) is 10.8 Å². The average Bonchev–Trinajstić information content (AvgIpc) is 3.97. The van der Waals surface area contributed by atoms with Crippen molar-refractivity contribution >= 4 is 17.1 Å². The van der Waals surface area contributed by atoms with Crippen LogP contribution in [0.1, 0.15) is 80.0 Å². The van der Waals surface area contributed by atoms with E-state index < -0.39 is 0 Å². The summed E-state index contributed by atoms with van der Waals surface area (Å²) in [4.78, 5) is 2.68. The molecule has 0 amide bonds. The molecule has 7 aromatic rings. The van der Waals surface area contributed by atoms with Crippen LogP contribution in [0.5, 0.6) is 0 Å². The third kappa shape index (κ3) is 4.48. The first-order chi connectivity index (χ1) is 28.7. The molecular weight excluding hydrogens is 699 g/mol. The van der Waals surface area contributed by atoms with Crippen molar-refractivity contribution in [2.24, 2.45) is 23.7 Å². The van der Waals surface area contributed by atoms with Crippen LogP contribution in [0.4, 0.5) is 17.1 Å². The van der Waals surface area contributed by atoms with Crippen molar-refractivity contribution in [3.05, 3.63) is 186 Å². The quantitative estimate of drug-likeness (QED) is 0.169. The molecule has 4 bridgehead atoms. The van der Waals surface area contributed by atoms with Gasteiger partial charge in [-0.2, -0.15) is 0 Å². The van der Waals surface area contributed by atoms with Gasteiger partial charge in [-0.05, 0) is 149 Å². The Kier molecular flexibility index (Phi) is 7.14. The van der Waals surface area contributed by atoms with Crippen LogP contribution in [0.3, 0.4) is 0 Å². The summed E-state index contributed by atoms with van der Waals surface area (Å²) in [6.07, 6.45) is 12.1. The van der Waals surface area contributed by atoms with Crippen molar-refractivity contribution in [3.8, 4) is 44.5 Å². The average molecular weight is 748 g/mol. The van der Waals surface area contributed by atoms with Gasteiger partial charge in [0, 0.05) is 27.6 Å². The molecule has 0 atom stereocenters. The van der Waals surface area contributed by atoms with Crippen LogP contribution in [0.2, 0.25) is 0 Å². The molecule has 7 aliphatic carbocycles. The van der Waals surface area contributed by atoms with E-state index in [1.165, 1.54) is 125 Å². The van der Waals surface area contributed by atoms with Crippen molar-refractivity contribution in [2.75, 3.05) is 4.90 Å². The highest BCUT2D eigenvalue weighted by Gasteiger charge is 2.62. The number of rotatable bonds is 5. The zero-order valence-corrected chi connectivity index (χ0v) is 33.2. The number of hydrogen-bond acceptors (Lipinski definition) is 1. The molecule has 5 fully saturated rings. The second-order valence-electron chi connectivity index (χ2n) is 18.8. The Balaban J connectivity index is 1.02. The van der Waals surface area contributed by atoms with Crippen molar-refractivity contribution in [1.82, 2.24) is 0 Å². The van der Waals surface area contributed by atoms with Gasteiger partial charge in [0.2, 0.25) is 0 Å². The molecule has 7 aromatic carbocycles. The van der Waals surface area contributed by atoms with E-state index in [2.05, 4.69) is 169 Å². The summed E-state index contributed by atoms with van der Waals surface area (Å²) in [5, 5.41) is 0. The molecule has 0 N–H and O–H groups in total. The van der Waals surface area contributed by atoms with Crippen molar-refractivity contribution in [1.29, 1.82) is 0 Å². The number of anilines is 3. The first kappa shape index (κ1) is 33.3. The topological polar surface area (TPSA) is 3.24 Å². The molecular formula is C57H49N.